The summed E-state index contributed by atoms with van der Waals surface area (Å²) >= 11 is 0. The molecule has 0 atom stereocenters. The van der Waals surface area contributed by atoms with Gasteiger partial charge in [0.15, 0.2) is 0 Å². The van der Waals surface area contributed by atoms with E-state index in [-0.39, 0.29) is 0 Å². The molecule has 1 saturated heterocycles. The van der Waals surface area contributed by atoms with Crippen molar-refractivity contribution in [2.24, 2.45) is 0 Å². The predicted octanol–water partition coefficient (Wildman–Crippen LogP) is 2.72. The SMILES string of the molecule is Cc1ccccc1N1CCC(NC2CC2)CC1. The first-order valence-corrected chi connectivity index (χ1v) is 6.89. The molecule has 0 radical (unpaired) electrons. The number of nitrogens with zero attached hydrogens (tertiary/aromatic N) is 1. The van der Waals surface area contributed by atoms with E-state index in [9.17, 15) is 0 Å². The van der Waals surface area contributed by atoms with Crippen LogP contribution in [0.3, 0.4) is 0 Å². The van der Waals surface area contributed by atoms with Crippen molar-refractivity contribution < 1.29 is 0 Å². The van der Waals surface area contributed by atoms with Gasteiger partial charge in [-0.2, -0.15) is 0 Å². The van der Waals surface area contributed by atoms with Gasteiger partial charge in [-0.3, -0.25) is 0 Å². The van der Waals surface area contributed by atoms with Crippen LogP contribution in [0.25, 0.3) is 0 Å². The van der Waals surface area contributed by atoms with Crippen molar-refractivity contribution in [3.05, 3.63) is 29.8 Å². The molecule has 1 aromatic rings. The standard InChI is InChI=1S/C15H22N2/c1-12-4-2-3-5-15(12)17-10-8-14(9-11-17)16-13-6-7-13/h2-5,13-14,16H,6-11H2,1H3. The lowest BCUT2D eigenvalue weighted by atomic mass is 10.0. The molecule has 2 aliphatic rings. The van der Waals surface area contributed by atoms with E-state index in [2.05, 4.69) is 41.4 Å². The molecule has 1 aliphatic carbocycles. The molecule has 92 valence electrons. The summed E-state index contributed by atoms with van der Waals surface area (Å²) in [7, 11) is 0. The molecule has 0 amide bonds. The van der Waals surface area contributed by atoms with Crippen LogP contribution in [-0.4, -0.2) is 25.2 Å². The summed E-state index contributed by atoms with van der Waals surface area (Å²) < 4.78 is 0. The first-order valence-electron chi connectivity index (χ1n) is 6.89. The fraction of sp³-hybridized carbons (Fsp3) is 0.600. The van der Waals surface area contributed by atoms with Crippen LogP contribution in [0.5, 0.6) is 0 Å². The molecule has 0 spiro atoms. The lowest BCUT2D eigenvalue weighted by Crippen LogP contribution is -2.43. The van der Waals surface area contributed by atoms with E-state index in [1.54, 1.807) is 0 Å². The van der Waals surface area contributed by atoms with Crippen LogP contribution in [0.1, 0.15) is 31.2 Å². The van der Waals surface area contributed by atoms with E-state index >= 15 is 0 Å². The Hall–Kier alpha value is -1.02. The van der Waals surface area contributed by atoms with Crippen LogP contribution in [-0.2, 0) is 0 Å². The second kappa shape index (κ2) is 4.69. The maximum atomic E-state index is 3.75. The molecule has 0 bridgehead atoms. The smallest absolute Gasteiger partial charge is 0.0395 e. The van der Waals surface area contributed by atoms with Gasteiger partial charge in [0, 0.05) is 30.9 Å². The zero-order valence-corrected chi connectivity index (χ0v) is 10.7. The highest BCUT2D eigenvalue weighted by atomic mass is 15.2. The van der Waals surface area contributed by atoms with Crippen molar-refractivity contribution in [3.63, 3.8) is 0 Å². The van der Waals surface area contributed by atoms with Gasteiger partial charge in [-0.15, -0.1) is 0 Å². The molecular formula is C15H22N2. The zero-order valence-electron chi connectivity index (χ0n) is 10.7. The minimum Gasteiger partial charge on any atom is -0.371 e. The Morgan fingerprint density at radius 2 is 1.65 bits per heavy atom. The summed E-state index contributed by atoms with van der Waals surface area (Å²) in [6, 6.07) is 10.4. The number of hydrogen-bond donors (Lipinski definition) is 1. The van der Waals surface area contributed by atoms with E-state index in [4.69, 9.17) is 0 Å². The molecule has 2 nitrogen and oxygen atoms in total. The quantitative estimate of drug-likeness (QED) is 0.859. The molecule has 17 heavy (non-hydrogen) atoms. The van der Waals surface area contributed by atoms with Crippen LogP contribution in [0.2, 0.25) is 0 Å². The summed E-state index contributed by atoms with van der Waals surface area (Å²) in [4.78, 5) is 2.54. The monoisotopic (exact) mass is 230 g/mol. The third kappa shape index (κ3) is 2.63. The number of piperidine rings is 1. The number of para-hydroxylation sites is 1. The molecule has 2 heteroatoms. The van der Waals surface area contributed by atoms with Crippen molar-refractivity contribution in [2.45, 2.75) is 44.7 Å². The van der Waals surface area contributed by atoms with Gasteiger partial charge in [0.05, 0.1) is 0 Å². The average molecular weight is 230 g/mol. The van der Waals surface area contributed by atoms with Gasteiger partial charge in [0.1, 0.15) is 0 Å². The van der Waals surface area contributed by atoms with Crippen molar-refractivity contribution >= 4 is 5.69 Å². The second-order valence-corrected chi connectivity index (χ2v) is 5.49. The van der Waals surface area contributed by atoms with Gasteiger partial charge >= 0.3 is 0 Å². The third-order valence-electron chi connectivity index (χ3n) is 4.00. The van der Waals surface area contributed by atoms with E-state index in [1.807, 2.05) is 0 Å². The Bertz CT molecular complexity index is 376. The summed E-state index contributed by atoms with van der Waals surface area (Å²) in [5.74, 6) is 0. The zero-order chi connectivity index (χ0) is 11.7. The summed E-state index contributed by atoms with van der Waals surface area (Å²) in [5.41, 5.74) is 2.83. The summed E-state index contributed by atoms with van der Waals surface area (Å²) in [6.45, 7) is 4.62. The predicted molar refractivity (Wildman–Crippen MR) is 72.6 cm³/mol. The fourth-order valence-electron chi connectivity index (χ4n) is 2.79. The van der Waals surface area contributed by atoms with E-state index in [1.165, 1.54) is 50.0 Å². The first-order chi connectivity index (χ1) is 8.33. The highest BCUT2D eigenvalue weighted by molar-refractivity contribution is 5.53. The molecule has 0 unspecified atom stereocenters. The third-order valence-corrected chi connectivity index (χ3v) is 4.00. The first kappa shape index (κ1) is 11.1. The van der Waals surface area contributed by atoms with Gasteiger partial charge in [-0.05, 0) is 44.2 Å². The number of nitrogens with one attached hydrogen (secondary N) is 1. The Labute approximate surface area is 104 Å². The maximum Gasteiger partial charge on any atom is 0.0395 e. The molecule has 1 aliphatic heterocycles. The second-order valence-electron chi connectivity index (χ2n) is 5.49. The van der Waals surface area contributed by atoms with Crippen LogP contribution in [0, 0.1) is 6.92 Å². The summed E-state index contributed by atoms with van der Waals surface area (Å²) in [6.07, 6.45) is 5.39. The number of anilines is 1. The fourth-order valence-corrected chi connectivity index (χ4v) is 2.79. The topological polar surface area (TPSA) is 15.3 Å². The van der Waals surface area contributed by atoms with Crippen molar-refractivity contribution in [2.75, 3.05) is 18.0 Å². The molecule has 1 saturated carbocycles. The number of hydrogen-bond acceptors (Lipinski definition) is 2. The van der Waals surface area contributed by atoms with Crippen molar-refractivity contribution in [1.29, 1.82) is 0 Å². The highest BCUT2D eigenvalue weighted by Crippen LogP contribution is 2.26. The van der Waals surface area contributed by atoms with Gasteiger partial charge < -0.3 is 10.2 Å². The Morgan fingerprint density at radius 3 is 2.29 bits per heavy atom. The van der Waals surface area contributed by atoms with E-state index in [0.717, 1.165) is 12.1 Å². The molecule has 3 rings (SSSR count). The van der Waals surface area contributed by atoms with Crippen LogP contribution < -0.4 is 10.2 Å². The van der Waals surface area contributed by atoms with Crippen molar-refractivity contribution in [1.82, 2.24) is 5.32 Å². The van der Waals surface area contributed by atoms with Gasteiger partial charge in [0.2, 0.25) is 0 Å². The lowest BCUT2D eigenvalue weighted by molar-refractivity contribution is 0.412. The Morgan fingerprint density at radius 1 is 1.00 bits per heavy atom. The molecule has 1 aromatic carbocycles. The van der Waals surface area contributed by atoms with Crippen LogP contribution >= 0.6 is 0 Å². The van der Waals surface area contributed by atoms with Gasteiger partial charge in [0.25, 0.3) is 0 Å². The normalized spacial score (nSPS) is 21.8. The highest BCUT2D eigenvalue weighted by Gasteiger charge is 2.27. The van der Waals surface area contributed by atoms with Crippen molar-refractivity contribution in [3.8, 4) is 0 Å². The van der Waals surface area contributed by atoms with Crippen LogP contribution in [0.15, 0.2) is 24.3 Å². The molecule has 2 fully saturated rings. The Kier molecular flexibility index (Phi) is 3.06. The van der Waals surface area contributed by atoms with Gasteiger partial charge in [-0.1, -0.05) is 18.2 Å². The van der Waals surface area contributed by atoms with Gasteiger partial charge in [-0.25, -0.2) is 0 Å². The average Bonchev–Trinajstić information content (AvgIpc) is 3.15. The minimum absolute atomic E-state index is 0.766. The molecule has 1 heterocycles. The molecule has 0 aromatic heterocycles. The maximum absolute atomic E-state index is 3.75. The molecule has 1 N–H and O–H groups in total. The van der Waals surface area contributed by atoms with E-state index in [0.29, 0.717) is 0 Å². The largest absolute Gasteiger partial charge is 0.371 e. The summed E-state index contributed by atoms with van der Waals surface area (Å²) in [5, 5.41) is 3.75. The lowest BCUT2D eigenvalue weighted by Gasteiger charge is -2.35. The number of benzene rings is 1. The number of rotatable bonds is 3. The van der Waals surface area contributed by atoms with E-state index < -0.39 is 0 Å². The van der Waals surface area contributed by atoms with Crippen LogP contribution in [0.4, 0.5) is 5.69 Å². The molecular weight excluding hydrogens is 208 g/mol. The Balaban J connectivity index is 1.58. The minimum atomic E-state index is 0.766. The number of aryl methyl sites for hydroxylation is 1.